The van der Waals surface area contributed by atoms with Crippen LogP contribution in [0.25, 0.3) is 16.3 Å². The third-order valence-electron chi connectivity index (χ3n) is 4.39. The summed E-state index contributed by atoms with van der Waals surface area (Å²) in [5, 5.41) is 7.19. The number of anilines is 1. The number of carbonyl (C=O) groups excluding carboxylic acids is 1. The molecule has 1 aromatic carbocycles. The van der Waals surface area contributed by atoms with Crippen LogP contribution in [0.2, 0.25) is 0 Å². The molecule has 0 atom stereocenters. The minimum Gasteiger partial charge on any atom is -0.307 e. The molecule has 5 nitrogen and oxygen atoms in total. The van der Waals surface area contributed by atoms with E-state index in [1.807, 2.05) is 28.7 Å². The van der Waals surface area contributed by atoms with E-state index in [1.54, 1.807) is 29.1 Å². The molecule has 0 saturated carbocycles. The number of hydrogen-bond donors (Lipinski definition) is 0. The van der Waals surface area contributed by atoms with Gasteiger partial charge in [-0.05, 0) is 43.5 Å². The van der Waals surface area contributed by atoms with Crippen LogP contribution in [-0.2, 0) is 11.2 Å². The zero-order valence-electron chi connectivity index (χ0n) is 13.9. The van der Waals surface area contributed by atoms with Crippen LogP contribution >= 0.6 is 11.3 Å². The molecule has 3 aromatic rings. The first-order valence-corrected chi connectivity index (χ1v) is 8.72. The van der Waals surface area contributed by atoms with Crippen molar-refractivity contribution in [1.82, 2.24) is 14.8 Å². The lowest BCUT2D eigenvalue weighted by atomic mass is 9.97. The van der Waals surface area contributed by atoms with Crippen LogP contribution in [0.15, 0.2) is 42.2 Å². The number of fused-ring (bicyclic) bond motifs is 1. The SMILES string of the molecule is CC(=O)N1c2ccc(-c3cnn(-c4nccs4)c3)cc2CC1(C)C. The average molecular weight is 338 g/mol. The van der Waals surface area contributed by atoms with Gasteiger partial charge in [0.15, 0.2) is 0 Å². The van der Waals surface area contributed by atoms with Crippen molar-refractivity contribution in [3.05, 3.63) is 47.7 Å². The summed E-state index contributed by atoms with van der Waals surface area (Å²) in [6.07, 6.45) is 6.47. The number of carbonyl (C=O) groups is 1. The monoisotopic (exact) mass is 338 g/mol. The Kier molecular flexibility index (Phi) is 3.31. The molecule has 0 saturated heterocycles. The summed E-state index contributed by atoms with van der Waals surface area (Å²) in [6, 6.07) is 6.27. The molecule has 1 amide bonds. The molecule has 3 heterocycles. The maximum atomic E-state index is 12.0. The Bertz CT molecular complexity index is 911. The van der Waals surface area contributed by atoms with Crippen LogP contribution in [0.4, 0.5) is 5.69 Å². The van der Waals surface area contributed by atoms with Crippen LogP contribution in [0.3, 0.4) is 0 Å². The predicted octanol–water partition coefficient (Wildman–Crippen LogP) is 3.68. The Hall–Kier alpha value is -2.47. The highest BCUT2D eigenvalue weighted by Crippen LogP contribution is 2.40. The number of nitrogens with zero attached hydrogens (tertiary/aromatic N) is 4. The third-order valence-corrected chi connectivity index (χ3v) is 5.16. The number of aromatic nitrogens is 3. The number of rotatable bonds is 2. The maximum absolute atomic E-state index is 12.0. The van der Waals surface area contributed by atoms with E-state index in [0.29, 0.717) is 0 Å². The second-order valence-electron chi connectivity index (χ2n) is 6.68. The van der Waals surface area contributed by atoms with Gasteiger partial charge in [0.2, 0.25) is 11.0 Å². The maximum Gasteiger partial charge on any atom is 0.224 e. The zero-order valence-corrected chi connectivity index (χ0v) is 14.7. The van der Waals surface area contributed by atoms with Crippen molar-refractivity contribution in [2.24, 2.45) is 0 Å². The Balaban J connectivity index is 1.72. The van der Waals surface area contributed by atoms with Crippen molar-refractivity contribution >= 4 is 22.9 Å². The molecule has 0 fully saturated rings. The van der Waals surface area contributed by atoms with E-state index in [2.05, 4.69) is 36.1 Å². The van der Waals surface area contributed by atoms with Gasteiger partial charge in [0, 0.05) is 41.5 Å². The Morgan fingerprint density at radius 3 is 2.83 bits per heavy atom. The fourth-order valence-corrected chi connectivity index (χ4v) is 4.07. The molecule has 0 bridgehead atoms. The van der Waals surface area contributed by atoms with Gasteiger partial charge in [-0.1, -0.05) is 6.07 Å². The molecule has 6 heteroatoms. The van der Waals surface area contributed by atoms with Gasteiger partial charge >= 0.3 is 0 Å². The van der Waals surface area contributed by atoms with Crippen molar-refractivity contribution < 1.29 is 4.79 Å². The molecule has 0 N–H and O–H groups in total. The molecule has 24 heavy (non-hydrogen) atoms. The molecule has 0 aliphatic carbocycles. The lowest BCUT2D eigenvalue weighted by Crippen LogP contribution is -2.44. The summed E-state index contributed by atoms with van der Waals surface area (Å²) < 4.78 is 1.79. The topological polar surface area (TPSA) is 51.0 Å². The van der Waals surface area contributed by atoms with E-state index in [4.69, 9.17) is 0 Å². The highest BCUT2D eigenvalue weighted by atomic mass is 32.1. The first-order chi connectivity index (χ1) is 11.5. The number of thiazole rings is 1. The van der Waals surface area contributed by atoms with Crippen molar-refractivity contribution in [2.75, 3.05) is 4.90 Å². The van der Waals surface area contributed by atoms with Crippen LogP contribution in [0.5, 0.6) is 0 Å². The van der Waals surface area contributed by atoms with Gasteiger partial charge in [-0.15, -0.1) is 11.3 Å². The minimum atomic E-state index is -0.183. The fourth-order valence-electron chi connectivity index (χ4n) is 3.50. The number of amides is 1. The molecule has 2 aromatic heterocycles. The number of hydrogen-bond acceptors (Lipinski definition) is 4. The predicted molar refractivity (Wildman–Crippen MR) is 95.6 cm³/mol. The lowest BCUT2D eigenvalue weighted by molar-refractivity contribution is -0.117. The molecule has 4 rings (SSSR count). The van der Waals surface area contributed by atoms with E-state index in [9.17, 15) is 4.79 Å². The summed E-state index contributed by atoms with van der Waals surface area (Å²) >= 11 is 1.55. The van der Waals surface area contributed by atoms with Crippen LogP contribution < -0.4 is 4.90 Å². The average Bonchev–Trinajstić information content (AvgIpc) is 3.23. The second kappa shape index (κ2) is 5.27. The normalized spacial score (nSPS) is 15.5. The molecular formula is C18H18N4OS. The van der Waals surface area contributed by atoms with Crippen molar-refractivity contribution in [2.45, 2.75) is 32.7 Å². The van der Waals surface area contributed by atoms with Crippen molar-refractivity contribution in [3.63, 3.8) is 0 Å². The smallest absolute Gasteiger partial charge is 0.224 e. The Morgan fingerprint density at radius 1 is 1.29 bits per heavy atom. The Labute approximate surface area is 144 Å². The second-order valence-corrected chi connectivity index (χ2v) is 7.55. The lowest BCUT2D eigenvalue weighted by Gasteiger charge is -2.31. The first kappa shape index (κ1) is 15.1. The van der Waals surface area contributed by atoms with E-state index < -0.39 is 0 Å². The van der Waals surface area contributed by atoms with E-state index in [-0.39, 0.29) is 11.4 Å². The molecule has 0 unspecified atom stereocenters. The quantitative estimate of drug-likeness (QED) is 0.716. The van der Waals surface area contributed by atoms with E-state index in [1.165, 1.54) is 5.56 Å². The fraction of sp³-hybridized carbons (Fsp3) is 0.278. The summed E-state index contributed by atoms with van der Waals surface area (Å²) in [5.74, 6) is 0.0862. The summed E-state index contributed by atoms with van der Waals surface area (Å²) in [5.41, 5.74) is 4.20. The van der Waals surface area contributed by atoms with Gasteiger partial charge in [-0.25, -0.2) is 9.67 Å². The van der Waals surface area contributed by atoms with E-state index in [0.717, 1.165) is 28.4 Å². The highest BCUT2D eigenvalue weighted by Gasteiger charge is 2.38. The van der Waals surface area contributed by atoms with Gasteiger partial charge < -0.3 is 4.90 Å². The molecular weight excluding hydrogens is 320 g/mol. The van der Waals surface area contributed by atoms with Crippen LogP contribution in [0, 0.1) is 0 Å². The van der Waals surface area contributed by atoms with E-state index >= 15 is 0 Å². The molecule has 122 valence electrons. The minimum absolute atomic E-state index is 0.0862. The first-order valence-electron chi connectivity index (χ1n) is 7.84. The zero-order chi connectivity index (χ0) is 16.9. The summed E-state index contributed by atoms with van der Waals surface area (Å²) in [4.78, 5) is 18.2. The summed E-state index contributed by atoms with van der Waals surface area (Å²) in [6.45, 7) is 5.84. The number of benzene rings is 1. The van der Waals surface area contributed by atoms with Gasteiger partial charge in [0.05, 0.1) is 6.20 Å². The van der Waals surface area contributed by atoms with Gasteiger partial charge in [-0.3, -0.25) is 4.79 Å². The van der Waals surface area contributed by atoms with Crippen molar-refractivity contribution in [3.8, 4) is 16.3 Å². The molecule has 0 spiro atoms. The Morgan fingerprint density at radius 2 is 2.12 bits per heavy atom. The van der Waals surface area contributed by atoms with Gasteiger partial charge in [0.1, 0.15) is 0 Å². The van der Waals surface area contributed by atoms with Crippen LogP contribution in [0.1, 0.15) is 26.3 Å². The van der Waals surface area contributed by atoms with Gasteiger partial charge in [0.25, 0.3) is 0 Å². The van der Waals surface area contributed by atoms with Crippen molar-refractivity contribution in [1.29, 1.82) is 0 Å². The highest BCUT2D eigenvalue weighted by molar-refractivity contribution is 7.12. The molecule has 0 radical (unpaired) electrons. The standard InChI is InChI=1S/C18H18N4OS/c1-12(23)22-16-5-4-13(8-14(16)9-18(22,2)3)15-10-20-21(11-15)17-19-6-7-24-17/h4-8,10-11H,9H2,1-3H3. The van der Waals surface area contributed by atoms with Crippen LogP contribution in [-0.4, -0.2) is 26.2 Å². The largest absolute Gasteiger partial charge is 0.307 e. The van der Waals surface area contributed by atoms with Gasteiger partial charge in [-0.2, -0.15) is 5.10 Å². The molecule has 1 aliphatic heterocycles. The summed E-state index contributed by atoms with van der Waals surface area (Å²) in [7, 11) is 0. The molecule has 1 aliphatic rings. The third kappa shape index (κ3) is 2.34.